The molecule has 0 saturated heterocycles. The Morgan fingerprint density at radius 2 is 1.81 bits per heavy atom. The van der Waals surface area contributed by atoms with E-state index in [9.17, 15) is 5.11 Å². The summed E-state index contributed by atoms with van der Waals surface area (Å²) >= 11 is 0. The minimum absolute atomic E-state index is 0.425. The standard InChI is InChI=1S/C17H26N2O2/c1-2-3-14(20)16-18-15(21-19-16)10-17-7-11-4-12(8-17)6-13(5-11)9-17/h11-14,20H,2-10H2,1H3. The monoisotopic (exact) mass is 290 g/mol. The van der Waals surface area contributed by atoms with Crippen LogP contribution in [0.5, 0.6) is 0 Å². The van der Waals surface area contributed by atoms with Gasteiger partial charge in [0.05, 0.1) is 0 Å². The molecular formula is C17H26N2O2. The van der Waals surface area contributed by atoms with E-state index in [-0.39, 0.29) is 0 Å². The number of aliphatic hydroxyl groups excluding tert-OH is 1. The van der Waals surface area contributed by atoms with Gasteiger partial charge in [0, 0.05) is 6.42 Å². The van der Waals surface area contributed by atoms with Crippen molar-refractivity contribution in [2.24, 2.45) is 23.2 Å². The summed E-state index contributed by atoms with van der Waals surface area (Å²) in [4.78, 5) is 4.48. The lowest BCUT2D eigenvalue weighted by Crippen LogP contribution is -2.47. The molecule has 116 valence electrons. The van der Waals surface area contributed by atoms with E-state index in [1.54, 1.807) is 0 Å². The topological polar surface area (TPSA) is 59.2 Å². The van der Waals surface area contributed by atoms with Crippen molar-refractivity contribution in [3.05, 3.63) is 11.7 Å². The van der Waals surface area contributed by atoms with E-state index in [0.717, 1.165) is 36.5 Å². The van der Waals surface area contributed by atoms with Gasteiger partial charge in [-0.3, -0.25) is 0 Å². The van der Waals surface area contributed by atoms with Gasteiger partial charge >= 0.3 is 0 Å². The third kappa shape index (κ3) is 2.52. The first-order valence-corrected chi connectivity index (χ1v) is 8.66. The molecule has 1 unspecified atom stereocenters. The fourth-order valence-corrected chi connectivity index (χ4v) is 5.71. The molecular weight excluding hydrogens is 264 g/mol. The molecule has 0 spiro atoms. The molecule has 4 nitrogen and oxygen atoms in total. The maximum atomic E-state index is 9.98. The number of aromatic nitrogens is 2. The van der Waals surface area contributed by atoms with E-state index in [1.165, 1.54) is 38.5 Å². The molecule has 0 amide bonds. The van der Waals surface area contributed by atoms with Crippen LogP contribution >= 0.6 is 0 Å². The summed E-state index contributed by atoms with van der Waals surface area (Å²) in [6.45, 7) is 2.06. The number of nitrogens with zero attached hydrogens (tertiary/aromatic N) is 2. The summed E-state index contributed by atoms with van der Waals surface area (Å²) in [6.07, 6.45) is 10.5. The van der Waals surface area contributed by atoms with Crippen LogP contribution in [0.1, 0.15) is 76.1 Å². The first-order chi connectivity index (χ1) is 10.2. The van der Waals surface area contributed by atoms with Gasteiger partial charge in [-0.15, -0.1) is 0 Å². The maximum absolute atomic E-state index is 9.98. The van der Waals surface area contributed by atoms with Crippen molar-refractivity contribution in [1.29, 1.82) is 0 Å². The highest BCUT2D eigenvalue weighted by molar-refractivity contribution is 5.05. The third-order valence-corrected chi connectivity index (χ3v) is 6.04. The van der Waals surface area contributed by atoms with Gasteiger partial charge in [0.15, 0.2) is 5.82 Å². The Bertz CT molecular complexity index is 475. The molecule has 0 radical (unpaired) electrons. The van der Waals surface area contributed by atoms with E-state index < -0.39 is 6.10 Å². The van der Waals surface area contributed by atoms with Crippen molar-refractivity contribution < 1.29 is 9.63 Å². The van der Waals surface area contributed by atoms with Gasteiger partial charge in [-0.25, -0.2) is 0 Å². The molecule has 1 aromatic heterocycles. The van der Waals surface area contributed by atoms with Gasteiger partial charge in [0.25, 0.3) is 0 Å². The van der Waals surface area contributed by atoms with Crippen LogP contribution in [0.3, 0.4) is 0 Å². The van der Waals surface area contributed by atoms with Crippen LogP contribution in [-0.4, -0.2) is 15.2 Å². The van der Waals surface area contributed by atoms with Crippen LogP contribution in [0.15, 0.2) is 4.52 Å². The van der Waals surface area contributed by atoms with Gasteiger partial charge in [-0.2, -0.15) is 4.98 Å². The van der Waals surface area contributed by atoms with Gasteiger partial charge < -0.3 is 9.63 Å². The predicted octanol–water partition coefficient (Wildman–Crippen LogP) is 3.66. The molecule has 4 saturated carbocycles. The van der Waals surface area contributed by atoms with Crippen LogP contribution in [0.4, 0.5) is 0 Å². The smallest absolute Gasteiger partial charge is 0.227 e. The predicted molar refractivity (Wildman–Crippen MR) is 78.5 cm³/mol. The van der Waals surface area contributed by atoms with E-state index in [1.807, 2.05) is 0 Å². The Hall–Kier alpha value is -0.900. The lowest BCUT2D eigenvalue weighted by atomic mass is 9.49. The van der Waals surface area contributed by atoms with Crippen molar-refractivity contribution in [1.82, 2.24) is 10.1 Å². The zero-order valence-corrected chi connectivity index (χ0v) is 12.9. The average Bonchev–Trinajstić information content (AvgIpc) is 2.85. The highest BCUT2D eigenvalue weighted by atomic mass is 16.5. The Labute approximate surface area is 126 Å². The highest BCUT2D eigenvalue weighted by Gasteiger charge is 2.51. The summed E-state index contributed by atoms with van der Waals surface area (Å²) in [7, 11) is 0. The molecule has 4 bridgehead atoms. The van der Waals surface area contributed by atoms with Crippen LogP contribution in [0.2, 0.25) is 0 Å². The second kappa shape index (κ2) is 5.08. The Kier molecular flexibility index (Phi) is 3.32. The van der Waals surface area contributed by atoms with Crippen molar-refractivity contribution in [3.8, 4) is 0 Å². The van der Waals surface area contributed by atoms with Crippen molar-refractivity contribution >= 4 is 0 Å². The first kappa shape index (κ1) is 13.7. The van der Waals surface area contributed by atoms with Gasteiger partial charge in [-0.05, 0) is 68.1 Å². The zero-order valence-electron chi connectivity index (χ0n) is 12.9. The van der Waals surface area contributed by atoms with Gasteiger partial charge in [0.2, 0.25) is 5.89 Å². The molecule has 1 aromatic rings. The molecule has 4 aliphatic rings. The Balaban J connectivity index is 1.48. The maximum Gasteiger partial charge on any atom is 0.227 e. The minimum Gasteiger partial charge on any atom is -0.385 e. The number of rotatable bonds is 5. The molecule has 21 heavy (non-hydrogen) atoms. The zero-order chi connectivity index (χ0) is 14.4. The summed E-state index contributed by atoms with van der Waals surface area (Å²) < 4.78 is 5.45. The summed E-state index contributed by atoms with van der Waals surface area (Å²) in [6, 6.07) is 0. The van der Waals surface area contributed by atoms with Crippen LogP contribution in [0.25, 0.3) is 0 Å². The van der Waals surface area contributed by atoms with Crippen LogP contribution in [-0.2, 0) is 6.42 Å². The third-order valence-electron chi connectivity index (χ3n) is 6.04. The number of hydrogen-bond acceptors (Lipinski definition) is 4. The Morgan fingerprint density at radius 1 is 1.19 bits per heavy atom. The minimum atomic E-state index is -0.566. The molecule has 1 atom stereocenters. The van der Waals surface area contributed by atoms with E-state index >= 15 is 0 Å². The van der Waals surface area contributed by atoms with Crippen molar-refractivity contribution in [2.75, 3.05) is 0 Å². The lowest BCUT2D eigenvalue weighted by Gasteiger charge is -2.56. The summed E-state index contributed by atoms with van der Waals surface area (Å²) in [5, 5.41) is 14.0. The normalized spacial score (nSPS) is 38.9. The van der Waals surface area contributed by atoms with E-state index in [4.69, 9.17) is 4.52 Å². The molecule has 4 heteroatoms. The molecule has 0 aromatic carbocycles. The highest BCUT2D eigenvalue weighted by Crippen LogP contribution is 2.60. The molecule has 5 rings (SSSR count). The largest absolute Gasteiger partial charge is 0.385 e. The van der Waals surface area contributed by atoms with Crippen molar-refractivity contribution in [3.63, 3.8) is 0 Å². The summed E-state index contributed by atoms with van der Waals surface area (Å²) in [5.41, 5.74) is 0.425. The van der Waals surface area contributed by atoms with E-state index in [0.29, 0.717) is 17.7 Å². The fourth-order valence-electron chi connectivity index (χ4n) is 5.71. The van der Waals surface area contributed by atoms with Crippen LogP contribution in [0, 0.1) is 23.2 Å². The Morgan fingerprint density at radius 3 is 2.38 bits per heavy atom. The van der Waals surface area contributed by atoms with E-state index in [2.05, 4.69) is 17.1 Å². The molecule has 4 aliphatic carbocycles. The summed E-state index contributed by atoms with van der Waals surface area (Å²) in [5.74, 6) is 4.08. The number of aliphatic hydroxyl groups is 1. The average molecular weight is 290 g/mol. The quantitative estimate of drug-likeness (QED) is 0.899. The molecule has 1 heterocycles. The fraction of sp³-hybridized carbons (Fsp3) is 0.882. The lowest BCUT2D eigenvalue weighted by molar-refractivity contribution is -0.0556. The van der Waals surface area contributed by atoms with Gasteiger partial charge in [0.1, 0.15) is 6.10 Å². The molecule has 1 N–H and O–H groups in total. The SMILES string of the molecule is CCCC(O)c1noc(CC23CC4CC(CC(C4)C2)C3)n1. The van der Waals surface area contributed by atoms with Crippen molar-refractivity contribution in [2.45, 2.75) is 70.8 Å². The van der Waals surface area contributed by atoms with Crippen LogP contribution < -0.4 is 0 Å². The second-order valence-corrected chi connectivity index (χ2v) is 7.95. The second-order valence-electron chi connectivity index (χ2n) is 7.95. The number of hydrogen-bond donors (Lipinski definition) is 1. The molecule has 0 aliphatic heterocycles. The first-order valence-electron chi connectivity index (χ1n) is 8.66. The molecule has 4 fully saturated rings. The van der Waals surface area contributed by atoms with Gasteiger partial charge in [-0.1, -0.05) is 18.5 Å².